The first kappa shape index (κ1) is 8.76. The standard InChI is InChI=1S/C7H12OS/c1-3-5-7(8)9-6-4-2/h3H,1,4-6H2,2H3. The molecule has 0 saturated heterocycles. The average molecular weight is 144 g/mol. The highest BCUT2D eigenvalue weighted by Gasteiger charge is 1.95. The third-order valence-electron chi connectivity index (χ3n) is 0.778. The van der Waals surface area contributed by atoms with Gasteiger partial charge in [-0.05, 0) is 6.42 Å². The highest BCUT2D eigenvalue weighted by Crippen LogP contribution is 2.06. The van der Waals surface area contributed by atoms with E-state index in [1.54, 1.807) is 6.08 Å². The van der Waals surface area contributed by atoms with Crippen molar-refractivity contribution in [1.82, 2.24) is 0 Å². The van der Waals surface area contributed by atoms with Gasteiger partial charge in [0.15, 0.2) is 5.12 Å². The molecule has 0 amide bonds. The largest absolute Gasteiger partial charge is 0.287 e. The van der Waals surface area contributed by atoms with Crippen LogP contribution in [0.4, 0.5) is 0 Å². The molecule has 0 radical (unpaired) electrons. The Balaban J connectivity index is 3.16. The first-order valence-electron chi connectivity index (χ1n) is 3.07. The molecule has 0 N–H and O–H groups in total. The number of hydrogen-bond acceptors (Lipinski definition) is 2. The van der Waals surface area contributed by atoms with Crippen molar-refractivity contribution in [3.8, 4) is 0 Å². The molecule has 0 heterocycles. The molecule has 0 aromatic heterocycles. The van der Waals surface area contributed by atoms with Crippen LogP contribution in [0.15, 0.2) is 12.7 Å². The minimum absolute atomic E-state index is 0.229. The molecule has 0 aromatic rings. The topological polar surface area (TPSA) is 17.1 Å². The zero-order valence-corrected chi connectivity index (χ0v) is 6.54. The van der Waals surface area contributed by atoms with Crippen molar-refractivity contribution >= 4 is 16.9 Å². The summed E-state index contributed by atoms with van der Waals surface area (Å²) in [4.78, 5) is 10.7. The molecule has 0 aliphatic heterocycles. The van der Waals surface area contributed by atoms with E-state index in [1.165, 1.54) is 11.8 Å². The Morgan fingerprint density at radius 1 is 1.78 bits per heavy atom. The fourth-order valence-electron chi connectivity index (χ4n) is 0.393. The molecule has 0 atom stereocenters. The highest BCUT2D eigenvalue weighted by atomic mass is 32.2. The van der Waals surface area contributed by atoms with Crippen LogP contribution in [0.1, 0.15) is 19.8 Å². The minimum atomic E-state index is 0.229. The van der Waals surface area contributed by atoms with E-state index < -0.39 is 0 Å². The molecule has 1 nitrogen and oxygen atoms in total. The number of carbonyl (C=O) groups is 1. The number of rotatable bonds is 4. The van der Waals surface area contributed by atoms with Crippen molar-refractivity contribution in [2.24, 2.45) is 0 Å². The van der Waals surface area contributed by atoms with E-state index in [9.17, 15) is 4.79 Å². The summed E-state index contributed by atoms with van der Waals surface area (Å²) in [7, 11) is 0. The maximum Gasteiger partial charge on any atom is 0.192 e. The van der Waals surface area contributed by atoms with Crippen LogP contribution in [0.5, 0.6) is 0 Å². The predicted octanol–water partition coefficient (Wildman–Crippen LogP) is 2.23. The van der Waals surface area contributed by atoms with Crippen LogP contribution >= 0.6 is 11.8 Å². The van der Waals surface area contributed by atoms with E-state index in [2.05, 4.69) is 13.5 Å². The lowest BCUT2D eigenvalue weighted by Gasteiger charge is -1.91. The van der Waals surface area contributed by atoms with Gasteiger partial charge in [-0.1, -0.05) is 24.8 Å². The maximum absolute atomic E-state index is 10.7. The van der Waals surface area contributed by atoms with Crippen LogP contribution in [0.25, 0.3) is 0 Å². The quantitative estimate of drug-likeness (QED) is 0.563. The van der Waals surface area contributed by atoms with Gasteiger partial charge in [-0.25, -0.2) is 0 Å². The van der Waals surface area contributed by atoms with Gasteiger partial charge in [-0.3, -0.25) is 4.79 Å². The molecule has 0 aliphatic rings. The normalized spacial score (nSPS) is 9.00. The first-order chi connectivity index (χ1) is 4.31. The van der Waals surface area contributed by atoms with Gasteiger partial charge >= 0.3 is 0 Å². The van der Waals surface area contributed by atoms with E-state index in [0.29, 0.717) is 6.42 Å². The SMILES string of the molecule is C=CCC(=O)SCCC. The maximum atomic E-state index is 10.7. The highest BCUT2D eigenvalue weighted by molar-refractivity contribution is 8.13. The van der Waals surface area contributed by atoms with E-state index in [-0.39, 0.29) is 5.12 Å². The summed E-state index contributed by atoms with van der Waals surface area (Å²) < 4.78 is 0. The van der Waals surface area contributed by atoms with E-state index >= 15 is 0 Å². The van der Waals surface area contributed by atoms with Crippen LogP contribution in [0.3, 0.4) is 0 Å². The molecule has 2 heteroatoms. The lowest BCUT2D eigenvalue weighted by molar-refractivity contribution is -0.110. The molecular formula is C7H12OS. The third kappa shape index (κ3) is 5.63. The molecule has 0 unspecified atom stereocenters. The van der Waals surface area contributed by atoms with Gasteiger partial charge in [0.1, 0.15) is 0 Å². The van der Waals surface area contributed by atoms with E-state index in [4.69, 9.17) is 0 Å². The zero-order chi connectivity index (χ0) is 7.11. The number of thioether (sulfide) groups is 1. The molecule has 0 aromatic carbocycles. The predicted molar refractivity (Wildman–Crippen MR) is 42.6 cm³/mol. The third-order valence-corrected chi connectivity index (χ3v) is 1.88. The van der Waals surface area contributed by atoms with Crippen molar-refractivity contribution in [1.29, 1.82) is 0 Å². The Labute approximate surface area is 60.5 Å². The van der Waals surface area contributed by atoms with Crippen LogP contribution in [0.2, 0.25) is 0 Å². The molecule has 0 saturated carbocycles. The smallest absolute Gasteiger partial charge is 0.192 e. The number of allylic oxidation sites excluding steroid dienone is 1. The Morgan fingerprint density at radius 2 is 2.44 bits per heavy atom. The summed E-state index contributed by atoms with van der Waals surface area (Å²) in [6.45, 7) is 5.54. The second-order valence-electron chi connectivity index (χ2n) is 1.71. The molecule has 0 spiro atoms. The average Bonchev–Trinajstić information content (AvgIpc) is 1.85. The van der Waals surface area contributed by atoms with Gasteiger partial charge in [-0.15, -0.1) is 6.58 Å². The summed E-state index contributed by atoms with van der Waals surface area (Å²) in [5.41, 5.74) is 0. The fourth-order valence-corrected chi connectivity index (χ4v) is 1.06. The summed E-state index contributed by atoms with van der Waals surface area (Å²) in [5.74, 6) is 0.937. The molecule has 0 rings (SSSR count). The van der Waals surface area contributed by atoms with Crippen molar-refractivity contribution in [3.63, 3.8) is 0 Å². The van der Waals surface area contributed by atoms with Gasteiger partial charge in [0.05, 0.1) is 0 Å². The second kappa shape index (κ2) is 5.89. The molecule has 0 aliphatic carbocycles. The number of hydrogen-bond donors (Lipinski definition) is 0. The summed E-state index contributed by atoms with van der Waals surface area (Å²) in [5, 5.41) is 0.229. The van der Waals surface area contributed by atoms with Gasteiger partial charge < -0.3 is 0 Å². The lowest BCUT2D eigenvalue weighted by atomic mass is 10.5. The van der Waals surface area contributed by atoms with Gasteiger partial charge in [-0.2, -0.15) is 0 Å². The Kier molecular flexibility index (Phi) is 5.73. The zero-order valence-electron chi connectivity index (χ0n) is 5.72. The summed E-state index contributed by atoms with van der Waals surface area (Å²) in [6, 6.07) is 0. The van der Waals surface area contributed by atoms with Gasteiger partial charge in [0.25, 0.3) is 0 Å². The van der Waals surface area contributed by atoms with Crippen molar-refractivity contribution in [2.45, 2.75) is 19.8 Å². The van der Waals surface area contributed by atoms with Crippen LogP contribution in [-0.2, 0) is 4.79 Å². The van der Waals surface area contributed by atoms with Crippen molar-refractivity contribution in [3.05, 3.63) is 12.7 Å². The van der Waals surface area contributed by atoms with Crippen LogP contribution < -0.4 is 0 Å². The molecule has 9 heavy (non-hydrogen) atoms. The van der Waals surface area contributed by atoms with Gasteiger partial charge in [0, 0.05) is 12.2 Å². The molecule has 0 bridgehead atoms. The Bertz CT molecular complexity index is 99.1. The summed E-state index contributed by atoms with van der Waals surface area (Å²) >= 11 is 1.39. The van der Waals surface area contributed by atoms with Crippen molar-refractivity contribution in [2.75, 3.05) is 5.75 Å². The molecule has 0 fully saturated rings. The summed E-state index contributed by atoms with van der Waals surface area (Å²) in [6.07, 6.45) is 3.21. The first-order valence-corrected chi connectivity index (χ1v) is 4.06. The number of carbonyl (C=O) groups excluding carboxylic acids is 1. The minimum Gasteiger partial charge on any atom is -0.287 e. The van der Waals surface area contributed by atoms with E-state index in [1.807, 2.05) is 0 Å². The van der Waals surface area contributed by atoms with Crippen molar-refractivity contribution < 1.29 is 4.79 Å². The van der Waals surface area contributed by atoms with Gasteiger partial charge in [0.2, 0.25) is 0 Å². The molecular weight excluding hydrogens is 132 g/mol. The Hall–Kier alpha value is -0.240. The fraction of sp³-hybridized carbons (Fsp3) is 0.571. The molecule has 52 valence electrons. The van der Waals surface area contributed by atoms with Crippen LogP contribution in [0, 0.1) is 0 Å². The van der Waals surface area contributed by atoms with Crippen LogP contribution in [-0.4, -0.2) is 10.9 Å². The second-order valence-corrected chi connectivity index (χ2v) is 2.87. The monoisotopic (exact) mass is 144 g/mol. The Morgan fingerprint density at radius 3 is 2.89 bits per heavy atom. The lowest BCUT2D eigenvalue weighted by Crippen LogP contribution is -1.88. The van der Waals surface area contributed by atoms with E-state index in [0.717, 1.165) is 12.2 Å².